The number of nitrogens with zero attached hydrogens (tertiary/aromatic N) is 3. The summed E-state index contributed by atoms with van der Waals surface area (Å²) in [7, 11) is 0. The van der Waals surface area contributed by atoms with E-state index in [2.05, 4.69) is 48.3 Å². The molecule has 0 saturated heterocycles. The Kier molecular flexibility index (Phi) is 7.16. The van der Waals surface area contributed by atoms with Gasteiger partial charge in [0.25, 0.3) is 0 Å². The first-order valence-electron chi connectivity index (χ1n) is 7.44. The van der Waals surface area contributed by atoms with Gasteiger partial charge < -0.3 is 0 Å². The van der Waals surface area contributed by atoms with E-state index in [1.165, 1.54) is 12.0 Å². The second-order valence-electron chi connectivity index (χ2n) is 5.26. The standard InChI is InChI=1S/C17H27N3/c1-6-9-16(17-15(5)18-10-11-19-17)13-20(8-3)12-14(4)7-2/h6,9-11,14H,1,7-8,12-13H2,2-5H3/b16-9-. The van der Waals surface area contributed by atoms with Crippen molar-refractivity contribution in [2.45, 2.75) is 34.1 Å². The first-order valence-corrected chi connectivity index (χ1v) is 7.44. The Labute approximate surface area is 123 Å². The Balaban J connectivity index is 2.90. The predicted octanol–water partition coefficient (Wildman–Crippen LogP) is 3.72. The third-order valence-corrected chi connectivity index (χ3v) is 3.61. The molecule has 0 fully saturated rings. The SMILES string of the molecule is C=C/C=C(/CN(CC)CC(C)CC)c1nccnc1C. The summed E-state index contributed by atoms with van der Waals surface area (Å²) in [5.74, 6) is 0.711. The van der Waals surface area contributed by atoms with Gasteiger partial charge in [0.2, 0.25) is 0 Å². The van der Waals surface area contributed by atoms with Crippen LogP contribution in [0.25, 0.3) is 5.57 Å². The molecule has 0 spiro atoms. The highest BCUT2D eigenvalue weighted by Crippen LogP contribution is 2.17. The predicted molar refractivity (Wildman–Crippen MR) is 86.5 cm³/mol. The van der Waals surface area contributed by atoms with Crippen LogP contribution in [-0.2, 0) is 0 Å². The van der Waals surface area contributed by atoms with E-state index in [4.69, 9.17) is 0 Å². The maximum atomic E-state index is 4.48. The minimum absolute atomic E-state index is 0.711. The molecular weight excluding hydrogens is 246 g/mol. The lowest BCUT2D eigenvalue weighted by Gasteiger charge is -2.25. The molecule has 0 aliphatic rings. The highest BCUT2D eigenvalue weighted by atomic mass is 15.1. The van der Waals surface area contributed by atoms with Gasteiger partial charge >= 0.3 is 0 Å². The molecule has 20 heavy (non-hydrogen) atoms. The van der Waals surface area contributed by atoms with Gasteiger partial charge in [0.15, 0.2) is 0 Å². The Morgan fingerprint density at radius 3 is 2.60 bits per heavy atom. The van der Waals surface area contributed by atoms with Crippen molar-refractivity contribution in [3.05, 3.63) is 42.5 Å². The van der Waals surface area contributed by atoms with Gasteiger partial charge in [-0.05, 0) is 25.0 Å². The van der Waals surface area contributed by atoms with Crippen molar-refractivity contribution in [1.82, 2.24) is 14.9 Å². The van der Waals surface area contributed by atoms with E-state index < -0.39 is 0 Å². The van der Waals surface area contributed by atoms with Gasteiger partial charge in [0.05, 0.1) is 11.4 Å². The van der Waals surface area contributed by atoms with Gasteiger partial charge in [-0.2, -0.15) is 0 Å². The van der Waals surface area contributed by atoms with E-state index >= 15 is 0 Å². The van der Waals surface area contributed by atoms with Crippen molar-refractivity contribution in [3.63, 3.8) is 0 Å². The normalized spacial score (nSPS) is 13.6. The quantitative estimate of drug-likeness (QED) is 0.676. The molecule has 0 N–H and O–H groups in total. The zero-order chi connectivity index (χ0) is 15.0. The Hall–Kier alpha value is -1.48. The van der Waals surface area contributed by atoms with E-state index in [1.54, 1.807) is 12.4 Å². The van der Waals surface area contributed by atoms with Crippen LogP contribution in [0.5, 0.6) is 0 Å². The second-order valence-corrected chi connectivity index (χ2v) is 5.26. The number of aryl methyl sites for hydroxylation is 1. The summed E-state index contributed by atoms with van der Waals surface area (Å²) in [6.45, 7) is 15.6. The molecule has 3 nitrogen and oxygen atoms in total. The third kappa shape index (κ3) is 4.89. The van der Waals surface area contributed by atoms with Crippen molar-refractivity contribution in [2.24, 2.45) is 5.92 Å². The molecule has 1 heterocycles. The van der Waals surface area contributed by atoms with E-state index in [0.29, 0.717) is 5.92 Å². The van der Waals surface area contributed by atoms with Crippen LogP contribution in [0.2, 0.25) is 0 Å². The van der Waals surface area contributed by atoms with Gasteiger partial charge in [0.1, 0.15) is 0 Å². The molecule has 0 saturated carbocycles. The number of hydrogen-bond donors (Lipinski definition) is 0. The zero-order valence-corrected chi connectivity index (χ0v) is 13.3. The maximum absolute atomic E-state index is 4.48. The van der Waals surface area contributed by atoms with Gasteiger partial charge in [-0.15, -0.1) is 0 Å². The maximum Gasteiger partial charge on any atom is 0.0887 e. The molecule has 0 aliphatic carbocycles. The smallest absolute Gasteiger partial charge is 0.0887 e. The van der Waals surface area contributed by atoms with E-state index in [1.807, 2.05) is 13.0 Å². The molecular formula is C17H27N3. The Morgan fingerprint density at radius 2 is 2.05 bits per heavy atom. The summed E-state index contributed by atoms with van der Waals surface area (Å²) in [6.07, 6.45) is 8.59. The van der Waals surface area contributed by atoms with Gasteiger partial charge in [-0.25, -0.2) is 0 Å². The van der Waals surface area contributed by atoms with Crippen LogP contribution in [0.3, 0.4) is 0 Å². The number of allylic oxidation sites excluding steroid dienone is 2. The van der Waals surface area contributed by atoms with Crippen LogP contribution in [-0.4, -0.2) is 34.5 Å². The monoisotopic (exact) mass is 273 g/mol. The number of hydrogen-bond acceptors (Lipinski definition) is 3. The van der Waals surface area contributed by atoms with Crippen molar-refractivity contribution < 1.29 is 0 Å². The Bertz CT molecular complexity index is 451. The van der Waals surface area contributed by atoms with Gasteiger partial charge in [-0.1, -0.05) is 45.9 Å². The summed E-state index contributed by atoms with van der Waals surface area (Å²) in [6, 6.07) is 0. The summed E-state index contributed by atoms with van der Waals surface area (Å²) in [4.78, 5) is 11.3. The second kappa shape index (κ2) is 8.64. The number of aromatic nitrogens is 2. The van der Waals surface area contributed by atoms with E-state index in [9.17, 15) is 0 Å². The lowest BCUT2D eigenvalue weighted by molar-refractivity contribution is 0.273. The molecule has 0 radical (unpaired) electrons. The first-order chi connectivity index (χ1) is 9.62. The van der Waals surface area contributed by atoms with E-state index in [0.717, 1.165) is 31.0 Å². The molecule has 0 amide bonds. The molecule has 1 unspecified atom stereocenters. The van der Waals surface area contributed by atoms with Crippen LogP contribution < -0.4 is 0 Å². The summed E-state index contributed by atoms with van der Waals surface area (Å²) in [5.41, 5.74) is 3.14. The fourth-order valence-electron chi connectivity index (χ4n) is 2.19. The van der Waals surface area contributed by atoms with Crippen LogP contribution in [0.4, 0.5) is 0 Å². The fraction of sp³-hybridized carbons (Fsp3) is 0.529. The zero-order valence-electron chi connectivity index (χ0n) is 13.3. The molecule has 0 aromatic carbocycles. The summed E-state index contributed by atoms with van der Waals surface area (Å²) in [5, 5.41) is 0. The fourth-order valence-corrected chi connectivity index (χ4v) is 2.19. The molecule has 0 bridgehead atoms. The van der Waals surface area contributed by atoms with Crippen LogP contribution >= 0.6 is 0 Å². The van der Waals surface area contributed by atoms with Crippen molar-refractivity contribution in [1.29, 1.82) is 0 Å². The summed E-state index contributed by atoms with van der Waals surface area (Å²) < 4.78 is 0. The molecule has 1 atom stereocenters. The lowest BCUT2D eigenvalue weighted by Crippen LogP contribution is -2.30. The largest absolute Gasteiger partial charge is 0.299 e. The third-order valence-electron chi connectivity index (χ3n) is 3.61. The highest BCUT2D eigenvalue weighted by molar-refractivity contribution is 5.66. The molecule has 3 heteroatoms. The van der Waals surface area contributed by atoms with Gasteiger partial charge in [-0.3, -0.25) is 14.9 Å². The topological polar surface area (TPSA) is 29.0 Å². The Morgan fingerprint density at radius 1 is 1.35 bits per heavy atom. The average Bonchev–Trinajstić information content (AvgIpc) is 2.46. The molecule has 0 aliphatic heterocycles. The molecule has 1 aromatic rings. The van der Waals surface area contributed by atoms with Crippen LogP contribution in [0.1, 0.15) is 38.6 Å². The molecule has 1 aromatic heterocycles. The highest BCUT2D eigenvalue weighted by Gasteiger charge is 2.13. The van der Waals surface area contributed by atoms with Crippen LogP contribution in [0, 0.1) is 12.8 Å². The number of rotatable bonds is 8. The first kappa shape index (κ1) is 16.6. The number of likely N-dealkylation sites (N-methyl/N-ethyl adjacent to an activating group) is 1. The molecule has 110 valence electrons. The van der Waals surface area contributed by atoms with Crippen molar-refractivity contribution in [3.8, 4) is 0 Å². The van der Waals surface area contributed by atoms with Crippen LogP contribution in [0.15, 0.2) is 31.1 Å². The van der Waals surface area contributed by atoms with E-state index in [-0.39, 0.29) is 0 Å². The minimum atomic E-state index is 0.711. The minimum Gasteiger partial charge on any atom is -0.299 e. The van der Waals surface area contributed by atoms with Crippen molar-refractivity contribution in [2.75, 3.05) is 19.6 Å². The summed E-state index contributed by atoms with van der Waals surface area (Å²) >= 11 is 0. The average molecular weight is 273 g/mol. The molecule has 1 rings (SSSR count). The lowest BCUT2D eigenvalue weighted by atomic mass is 10.1. The van der Waals surface area contributed by atoms with Gasteiger partial charge in [0, 0.05) is 25.5 Å². The van der Waals surface area contributed by atoms with Crippen molar-refractivity contribution >= 4 is 5.57 Å².